The molecule has 1 aliphatic rings. The zero-order valence-electron chi connectivity index (χ0n) is 9.67. The topological polar surface area (TPSA) is 49.9 Å². The van der Waals surface area contributed by atoms with E-state index in [9.17, 15) is 0 Å². The van der Waals surface area contributed by atoms with Crippen molar-refractivity contribution in [3.63, 3.8) is 0 Å². The van der Waals surface area contributed by atoms with Crippen LogP contribution in [0.15, 0.2) is 0 Å². The normalized spacial score (nSPS) is 16.9. The summed E-state index contributed by atoms with van der Waals surface area (Å²) in [7, 11) is 0. The average Bonchev–Trinajstić information content (AvgIpc) is 2.29. The first-order valence-corrected chi connectivity index (χ1v) is 6.07. The number of nitrogens with zero attached hydrogens (tertiary/aromatic N) is 1. The molecule has 1 atom stereocenters. The summed E-state index contributed by atoms with van der Waals surface area (Å²) in [5, 5.41) is 3.30. The molecule has 0 amide bonds. The summed E-state index contributed by atoms with van der Waals surface area (Å²) >= 11 is 5.30. The molecule has 2 N–H and O–H groups in total. The van der Waals surface area contributed by atoms with E-state index in [1.54, 1.807) is 0 Å². The molecule has 2 heterocycles. The fraction of sp³-hybridized carbons (Fsp3) is 0.636. The summed E-state index contributed by atoms with van der Waals surface area (Å²) in [5.74, 6) is 0.840. The quantitative estimate of drug-likeness (QED) is 0.791. The molecule has 0 radical (unpaired) electrons. The monoisotopic (exact) mass is 239 g/mol. The van der Waals surface area contributed by atoms with Crippen molar-refractivity contribution in [1.82, 2.24) is 15.3 Å². The highest BCUT2D eigenvalue weighted by Crippen LogP contribution is 2.17. The van der Waals surface area contributed by atoms with Gasteiger partial charge in [-0.15, -0.1) is 0 Å². The zero-order valence-corrected chi connectivity index (χ0v) is 10.5. The van der Waals surface area contributed by atoms with Gasteiger partial charge in [0.15, 0.2) is 0 Å². The van der Waals surface area contributed by atoms with Gasteiger partial charge in [0.2, 0.25) is 0 Å². The highest BCUT2D eigenvalue weighted by Gasteiger charge is 2.15. The minimum absolute atomic E-state index is 0.0214. The van der Waals surface area contributed by atoms with E-state index in [0.717, 1.165) is 30.9 Å². The van der Waals surface area contributed by atoms with Crippen molar-refractivity contribution in [3.8, 4) is 0 Å². The Morgan fingerprint density at radius 2 is 2.38 bits per heavy atom. The second-order valence-corrected chi connectivity index (χ2v) is 4.30. The first-order chi connectivity index (χ1) is 7.72. The Balaban J connectivity index is 2.35. The number of aromatic nitrogens is 2. The minimum atomic E-state index is -0.0214. The van der Waals surface area contributed by atoms with E-state index >= 15 is 0 Å². The number of aromatic amines is 1. The summed E-state index contributed by atoms with van der Waals surface area (Å²) in [6, 6.07) is 0. The largest absolute Gasteiger partial charge is 0.371 e. The van der Waals surface area contributed by atoms with Gasteiger partial charge in [-0.2, -0.15) is 0 Å². The minimum Gasteiger partial charge on any atom is -0.371 e. The summed E-state index contributed by atoms with van der Waals surface area (Å²) in [5.41, 5.74) is 2.34. The maximum Gasteiger partial charge on any atom is 0.136 e. The Labute approximate surface area is 100 Å². The van der Waals surface area contributed by atoms with Gasteiger partial charge < -0.3 is 15.0 Å². The number of rotatable bonds is 3. The van der Waals surface area contributed by atoms with Crippen LogP contribution < -0.4 is 5.32 Å². The van der Waals surface area contributed by atoms with Crippen LogP contribution in [0.4, 0.5) is 0 Å². The van der Waals surface area contributed by atoms with Gasteiger partial charge in [-0.3, -0.25) is 0 Å². The summed E-state index contributed by atoms with van der Waals surface area (Å²) in [4.78, 5) is 7.75. The molecular formula is C11H17N3OS. The fourth-order valence-corrected chi connectivity index (χ4v) is 2.20. The molecule has 0 bridgehead atoms. The zero-order chi connectivity index (χ0) is 11.5. The van der Waals surface area contributed by atoms with Crippen molar-refractivity contribution in [1.29, 1.82) is 0 Å². The van der Waals surface area contributed by atoms with Crippen LogP contribution in [-0.2, 0) is 17.7 Å². The van der Waals surface area contributed by atoms with Gasteiger partial charge in [-0.25, -0.2) is 4.98 Å². The van der Waals surface area contributed by atoms with Crippen molar-refractivity contribution in [2.75, 3.05) is 13.2 Å². The molecule has 2 rings (SSSR count). The lowest BCUT2D eigenvalue weighted by Gasteiger charge is -2.19. The van der Waals surface area contributed by atoms with Crippen LogP contribution in [-0.4, -0.2) is 23.1 Å². The third-order valence-electron chi connectivity index (χ3n) is 2.78. The summed E-state index contributed by atoms with van der Waals surface area (Å²) in [6.45, 7) is 6.46. The van der Waals surface area contributed by atoms with Gasteiger partial charge in [0.05, 0.1) is 0 Å². The summed E-state index contributed by atoms with van der Waals surface area (Å²) < 4.78 is 6.21. The highest BCUT2D eigenvalue weighted by molar-refractivity contribution is 7.71. The van der Waals surface area contributed by atoms with E-state index in [1.165, 1.54) is 5.69 Å². The van der Waals surface area contributed by atoms with Crippen molar-refractivity contribution in [3.05, 3.63) is 21.7 Å². The SMILES string of the molecule is CCOC(C)c1nc(=S)c2c([nH]1)CCNC2. The summed E-state index contributed by atoms with van der Waals surface area (Å²) in [6.07, 6.45) is 0.958. The van der Waals surface area contributed by atoms with Gasteiger partial charge >= 0.3 is 0 Å². The van der Waals surface area contributed by atoms with E-state index in [4.69, 9.17) is 17.0 Å². The Bertz CT molecular complexity index is 430. The average molecular weight is 239 g/mol. The smallest absolute Gasteiger partial charge is 0.136 e. The second kappa shape index (κ2) is 5.03. The first-order valence-electron chi connectivity index (χ1n) is 5.66. The van der Waals surface area contributed by atoms with Gasteiger partial charge in [0.1, 0.15) is 16.6 Å². The number of fused-ring (bicyclic) bond motifs is 1. The van der Waals surface area contributed by atoms with Crippen molar-refractivity contribution in [2.45, 2.75) is 32.9 Å². The molecule has 16 heavy (non-hydrogen) atoms. The lowest BCUT2D eigenvalue weighted by molar-refractivity contribution is 0.0697. The van der Waals surface area contributed by atoms with E-state index in [2.05, 4.69) is 15.3 Å². The van der Waals surface area contributed by atoms with Crippen LogP contribution in [0, 0.1) is 4.64 Å². The molecule has 1 aliphatic heterocycles. The number of nitrogens with one attached hydrogen (secondary N) is 2. The maximum absolute atomic E-state index is 5.52. The van der Waals surface area contributed by atoms with Crippen LogP contribution in [0.25, 0.3) is 0 Å². The van der Waals surface area contributed by atoms with Gasteiger partial charge in [0.25, 0.3) is 0 Å². The molecule has 0 saturated heterocycles. The van der Waals surface area contributed by atoms with Crippen molar-refractivity contribution in [2.24, 2.45) is 0 Å². The lowest BCUT2D eigenvalue weighted by Crippen LogP contribution is -2.26. The standard InChI is InChI=1S/C11H17N3OS/c1-3-15-7(2)10-13-9-4-5-12-6-8(9)11(16)14-10/h7,12H,3-6H2,1-2H3,(H,13,14,16). The van der Waals surface area contributed by atoms with E-state index in [0.29, 0.717) is 11.2 Å². The molecular weight excluding hydrogens is 222 g/mol. The fourth-order valence-electron chi connectivity index (χ4n) is 1.91. The van der Waals surface area contributed by atoms with Gasteiger partial charge in [-0.1, -0.05) is 12.2 Å². The third kappa shape index (κ3) is 2.31. The van der Waals surface area contributed by atoms with Gasteiger partial charge in [0, 0.05) is 37.4 Å². The maximum atomic E-state index is 5.52. The van der Waals surface area contributed by atoms with Crippen LogP contribution in [0.2, 0.25) is 0 Å². The Morgan fingerprint density at radius 1 is 1.56 bits per heavy atom. The number of H-pyrrole nitrogens is 1. The Hall–Kier alpha value is -0.780. The van der Waals surface area contributed by atoms with Crippen LogP contribution in [0.1, 0.15) is 37.0 Å². The molecule has 0 saturated carbocycles. The highest BCUT2D eigenvalue weighted by atomic mass is 32.1. The van der Waals surface area contributed by atoms with Crippen LogP contribution in [0.5, 0.6) is 0 Å². The van der Waals surface area contributed by atoms with Crippen molar-refractivity contribution >= 4 is 12.2 Å². The molecule has 1 unspecified atom stereocenters. The molecule has 1 aromatic heterocycles. The van der Waals surface area contributed by atoms with Crippen LogP contribution in [0.3, 0.4) is 0 Å². The van der Waals surface area contributed by atoms with E-state index < -0.39 is 0 Å². The van der Waals surface area contributed by atoms with Crippen LogP contribution >= 0.6 is 12.2 Å². The molecule has 5 heteroatoms. The molecule has 0 aromatic carbocycles. The number of hydrogen-bond donors (Lipinski definition) is 2. The third-order valence-corrected chi connectivity index (χ3v) is 3.12. The lowest BCUT2D eigenvalue weighted by atomic mass is 10.1. The van der Waals surface area contributed by atoms with E-state index in [-0.39, 0.29) is 6.10 Å². The molecule has 0 aliphatic carbocycles. The first kappa shape index (κ1) is 11.7. The molecule has 0 spiro atoms. The molecule has 4 nitrogen and oxygen atoms in total. The Kier molecular flexibility index (Phi) is 3.68. The predicted octanol–water partition coefficient (Wildman–Crippen LogP) is 1.88. The van der Waals surface area contributed by atoms with Crippen molar-refractivity contribution < 1.29 is 4.74 Å². The van der Waals surface area contributed by atoms with E-state index in [1.807, 2.05) is 13.8 Å². The molecule has 1 aromatic rings. The molecule has 88 valence electrons. The number of ether oxygens (including phenoxy) is 1. The predicted molar refractivity (Wildman–Crippen MR) is 64.9 cm³/mol. The molecule has 0 fully saturated rings. The number of hydrogen-bond acceptors (Lipinski definition) is 4. The Morgan fingerprint density at radius 3 is 3.12 bits per heavy atom. The van der Waals surface area contributed by atoms with Gasteiger partial charge in [-0.05, 0) is 13.8 Å². The second-order valence-electron chi connectivity index (χ2n) is 3.91.